The van der Waals surface area contributed by atoms with E-state index < -0.39 is 24.5 Å². The lowest BCUT2D eigenvalue weighted by Crippen LogP contribution is -2.41. The first-order valence-electron chi connectivity index (χ1n) is 7.90. The fraction of sp³-hybridized carbons (Fsp3) is 0.471. The van der Waals surface area contributed by atoms with Crippen molar-refractivity contribution < 1.29 is 23.9 Å². The van der Waals surface area contributed by atoms with E-state index in [1.54, 1.807) is 24.3 Å². The van der Waals surface area contributed by atoms with E-state index in [1.165, 1.54) is 0 Å². The van der Waals surface area contributed by atoms with E-state index in [2.05, 4.69) is 10.6 Å². The summed E-state index contributed by atoms with van der Waals surface area (Å²) in [6, 6.07) is 5.77. The molecule has 0 aliphatic carbocycles. The molecule has 0 aliphatic rings. The molecular formula is C17H24N2O5. The molecule has 7 nitrogen and oxygen atoms in total. The minimum absolute atomic E-state index is 0.299. The molecule has 0 aromatic heterocycles. The van der Waals surface area contributed by atoms with Gasteiger partial charge in [-0.15, -0.1) is 0 Å². The lowest BCUT2D eigenvalue weighted by Gasteiger charge is -2.09. The van der Waals surface area contributed by atoms with Gasteiger partial charge < -0.3 is 14.8 Å². The third-order valence-electron chi connectivity index (χ3n) is 3.00. The van der Waals surface area contributed by atoms with Crippen LogP contribution in [0.2, 0.25) is 0 Å². The zero-order valence-corrected chi connectivity index (χ0v) is 14.3. The van der Waals surface area contributed by atoms with Gasteiger partial charge in [0.15, 0.2) is 6.61 Å². The average molecular weight is 336 g/mol. The maximum absolute atomic E-state index is 11.8. The molecule has 0 fully saturated rings. The van der Waals surface area contributed by atoms with E-state index in [1.807, 2.05) is 20.8 Å². The molecule has 2 N–H and O–H groups in total. The summed E-state index contributed by atoms with van der Waals surface area (Å²) in [5, 5.41) is 4.66. The number of rotatable bonds is 8. The minimum Gasteiger partial charge on any atom is -0.494 e. The monoisotopic (exact) mass is 336 g/mol. The zero-order valence-electron chi connectivity index (χ0n) is 14.3. The molecule has 0 saturated carbocycles. The molecule has 0 aliphatic heterocycles. The summed E-state index contributed by atoms with van der Waals surface area (Å²) >= 11 is 0. The highest BCUT2D eigenvalue weighted by Gasteiger charge is 2.12. The molecule has 1 aromatic carbocycles. The Hall–Kier alpha value is -2.57. The molecule has 0 atom stereocenters. The normalized spacial score (nSPS) is 10.2. The second-order valence-electron chi connectivity index (χ2n) is 5.52. The molecule has 0 radical (unpaired) electrons. The number of imide groups is 1. The molecule has 1 rings (SSSR count). The fourth-order valence-electron chi connectivity index (χ4n) is 1.75. The highest BCUT2D eigenvalue weighted by molar-refractivity contribution is 5.97. The molecule has 7 heteroatoms. The number of hydrogen-bond donors (Lipinski definition) is 2. The largest absolute Gasteiger partial charge is 0.494 e. The van der Waals surface area contributed by atoms with Crippen LogP contribution in [-0.4, -0.2) is 37.7 Å². The first-order valence-corrected chi connectivity index (χ1v) is 7.90. The van der Waals surface area contributed by atoms with Crippen LogP contribution in [0.25, 0.3) is 0 Å². The van der Waals surface area contributed by atoms with E-state index in [-0.39, 0.29) is 0 Å². The SMILES string of the molecule is CCOc1ccc(C(=O)OCC(=O)NC(=O)NCCC(C)C)cc1. The van der Waals surface area contributed by atoms with Crippen LogP contribution in [0, 0.1) is 5.92 Å². The molecule has 0 heterocycles. The van der Waals surface area contributed by atoms with Gasteiger partial charge in [-0.1, -0.05) is 13.8 Å². The molecule has 1 aromatic rings. The lowest BCUT2D eigenvalue weighted by molar-refractivity contribution is -0.123. The van der Waals surface area contributed by atoms with Gasteiger partial charge in [0, 0.05) is 6.54 Å². The van der Waals surface area contributed by atoms with Crippen LogP contribution < -0.4 is 15.4 Å². The van der Waals surface area contributed by atoms with Crippen molar-refractivity contribution in [3.8, 4) is 5.75 Å². The summed E-state index contributed by atoms with van der Waals surface area (Å²) in [4.78, 5) is 34.8. The van der Waals surface area contributed by atoms with Crippen molar-refractivity contribution >= 4 is 17.9 Å². The summed E-state index contributed by atoms with van der Waals surface area (Å²) in [5.74, 6) is -0.231. The molecule has 0 bridgehead atoms. The molecule has 0 unspecified atom stereocenters. The quantitative estimate of drug-likeness (QED) is 0.709. The van der Waals surface area contributed by atoms with E-state index in [0.717, 1.165) is 6.42 Å². The first kappa shape index (κ1) is 19.5. The molecule has 0 spiro atoms. The summed E-state index contributed by atoms with van der Waals surface area (Å²) < 4.78 is 10.1. The smallest absolute Gasteiger partial charge is 0.338 e. The van der Waals surface area contributed by atoms with Crippen molar-refractivity contribution in [2.24, 2.45) is 5.92 Å². The van der Waals surface area contributed by atoms with Crippen LogP contribution in [0.4, 0.5) is 4.79 Å². The second kappa shape index (κ2) is 10.3. The standard InChI is InChI=1S/C17H24N2O5/c1-4-23-14-7-5-13(6-8-14)16(21)24-11-15(20)19-17(22)18-10-9-12(2)3/h5-8,12H,4,9-11H2,1-3H3,(H2,18,19,20,22). The van der Waals surface area contributed by atoms with Gasteiger partial charge in [-0.05, 0) is 43.5 Å². The maximum atomic E-state index is 11.8. The first-order chi connectivity index (χ1) is 11.4. The van der Waals surface area contributed by atoms with Gasteiger partial charge >= 0.3 is 12.0 Å². The predicted molar refractivity (Wildman–Crippen MR) is 88.9 cm³/mol. The van der Waals surface area contributed by atoms with Crippen LogP contribution in [0.15, 0.2) is 24.3 Å². The predicted octanol–water partition coefficient (Wildman–Crippen LogP) is 2.11. The number of urea groups is 1. The number of amides is 3. The minimum atomic E-state index is -0.684. The van der Waals surface area contributed by atoms with Gasteiger partial charge in [0.05, 0.1) is 12.2 Å². The van der Waals surface area contributed by atoms with E-state index >= 15 is 0 Å². The summed E-state index contributed by atoms with van der Waals surface area (Å²) in [6.07, 6.45) is 0.814. The Bertz CT molecular complexity index is 555. The topological polar surface area (TPSA) is 93.7 Å². The van der Waals surface area contributed by atoms with Crippen molar-refractivity contribution in [2.75, 3.05) is 19.8 Å². The van der Waals surface area contributed by atoms with Crippen molar-refractivity contribution in [3.63, 3.8) is 0 Å². The third kappa shape index (κ3) is 7.62. The molecule has 0 saturated heterocycles. The summed E-state index contributed by atoms with van der Waals surface area (Å²) in [6.45, 7) is 6.41. The number of nitrogens with one attached hydrogen (secondary N) is 2. The fourth-order valence-corrected chi connectivity index (χ4v) is 1.75. The maximum Gasteiger partial charge on any atom is 0.338 e. The number of esters is 1. The van der Waals surface area contributed by atoms with Crippen LogP contribution in [0.5, 0.6) is 5.75 Å². The summed E-state index contributed by atoms with van der Waals surface area (Å²) in [5.41, 5.74) is 0.299. The number of benzene rings is 1. The number of carbonyl (C=O) groups excluding carboxylic acids is 3. The van der Waals surface area contributed by atoms with Gasteiger partial charge in [0.25, 0.3) is 5.91 Å². The summed E-state index contributed by atoms with van der Waals surface area (Å²) in [7, 11) is 0. The number of carbonyl (C=O) groups is 3. The van der Waals surface area contributed by atoms with Gasteiger partial charge in [0.1, 0.15) is 5.75 Å². The lowest BCUT2D eigenvalue weighted by atomic mass is 10.1. The Morgan fingerprint density at radius 1 is 1.12 bits per heavy atom. The Morgan fingerprint density at radius 2 is 1.79 bits per heavy atom. The Balaban J connectivity index is 2.32. The van der Waals surface area contributed by atoms with E-state index in [9.17, 15) is 14.4 Å². The van der Waals surface area contributed by atoms with Crippen LogP contribution in [0.1, 0.15) is 37.6 Å². The molecule has 3 amide bonds. The van der Waals surface area contributed by atoms with Crippen molar-refractivity contribution in [2.45, 2.75) is 27.2 Å². The molecule has 132 valence electrons. The number of hydrogen-bond acceptors (Lipinski definition) is 5. The third-order valence-corrected chi connectivity index (χ3v) is 3.00. The van der Waals surface area contributed by atoms with Crippen molar-refractivity contribution in [1.29, 1.82) is 0 Å². The second-order valence-corrected chi connectivity index (χ2v) is 5.52. The number of ether oxygens (including phenoxy) is 2. The van der Waals surface area contributed by atoms with Gasteiger partial charge in [-0.3, -0.25) is 10.1 Å². The van der Waals surface area contributed by atoms with Gasteiger partial charge in [-0.25, -0.2) is 9.59 Å². The van der Waals surface area contributed by atoms with Crippen molar-refractivity contribution in [1.82, 2.24) is 10.6 Å². The van der Waals surface area contributed by atoms with E-state index in [4.69, 9.17) is 9.47 Å². The van der Waals surface area contributed by atoms with E-state index in [0.29, 0.717) is 30.4 Å². The molecule has 24 heavy (non-hydrogen) atoms. The molecular weight excluding hydrogens is 312 g/mol. The average Bonchev–Trinajstić information content (AvgIpc) is 2.53. The zero-order chi connectivity index (χ0) is 17.9. The van der Waals surface area contributed by atoms with Crippen LogP contribution in [-0.2, 0) is 9.53 Å². The highest BCUT2D eigenvalue weighted by atomic mass is 16.5. The Morgan fingerprint density at radius 3 is 2.38 bits per heavy atom. The van der Waals surface area contributed by atoms with Crippen molar-refractivity contribution in [3.05, 3.63) is 29.8 Å². The highest BCUT2D eigenvalue weighted by Crippen LogP contribution is 2.12. The van der Waals surface area contributed by atoms with Gasteiger partial charge in [-0.2, -0.15) is 0 Å². The Kier molecular flexibility index (Phi) is 8.32. The Labute approximate surface area is 141 Å². The van der Waals surface area contributed by atoms with Crippen LogP contribution in [0.3, 0.4) is 0 Å². The van der Waals surface area contributed by atoms with Crippen LogP contribution >= 0.6 is 0 Å². The van der Waals surface area contributed by atoms with Gasteiger partial charge in [0.2, 0.25) is 0 Å².